The fourth-order valence-electron chi connectivity index (χ4n) is 5.11. The minimum Gasteiger partial charge on any atom is -0.497 e. The fourth-order valence-corrected chi connectivity index (χ4v) is 5.49. The number of hydrogen-bond donors (Lipinski definition) is 0. The van der Waals surface area contributed by atoms with Crippen LogP contribution in [0.1, 0.15) is 29.2 Å². The summed E-state index contributed by atoms with van der Waals surface area (Å²) in [5.41, 5.74) is 3.12. The van der Waals surface area contributed by atoms with E-state index in [1.807, 2.05) is 65.7 Å². The summed E-state index contributed by atoms with van der Waals surface area (Å²) in [7, 11) is 1.65. The van der Waals surface area contributed by atoms with Gasteiger partial charge in [-0.1, -0.05) is 40.2 Å². The molecule has 0 saturated heterocycles. The molecule has 170 valence electrons. The number of hydrazone groups is 1. The second-order valence-electron chi connectivity index (χ2n) is 8.49. The molecule has 6 nitrogen and oxygen atoms in total. The third-order valence-electron chi connectivity index (χ3n) is 6.65. The van der Waals surface area contributed by atoms with E-state index in [0.29, 0.717) is 18.7 Å². The van der Waals surface area contributed by atoms with Crippen molar-refractivity contribution in [2.45, 2.75) is 18.2 Å². The van der Waals surface area contributed by atoms with Gasteiger partial charge < -0.3 is 14.4 Å². The summed E-state index contributed by atoms with van der Waals surface area (Å²) >= 11 is 3.59. The smallest absolute Gasteiger partial charge is 0.306 e. The molecule has 1 amide bonds. The molecule has 2 atom stereocenters. The highest BCUT2D eigenvalue weighted by molar-refractivity contribution is 9.10. The maximum atomic E-state index is 14.1. The van der Waals surface area contributed by atoms with Crippen LogP contribution >= 0.6 is 15.9 Å². The van der Waals surface area contributed by atoms with Crippen LogP contribution in [-0.4, -0.2) is 30.3 Å². The molecule has 3 aliphatic rings. The Morgan fingerprint density at radius 2 is 2.00 bits per heavy atom. The Balaban J connectivity index is 1.55. The zero-order chi connectivity index (χ0) is 23.4. The molecule has 3 aromatic rings. The van der Waals surface area contributed by atoms with Crippen LogP contribution < -0.4 is 14.4 Å². The van der Waals surface area contributed by atoms with Crippen LogP contribution in [0, 0.1) is 0 Å². The lowest BCUT2D eigenvalue weighted by molar-refractivity contribution is -0.163. The molecule has 0 N–H and O–H groups in total. The molecule has 34 heavy (non-hydrogen) atoms. The van der Waals surface area contributed by atoms with Crippen LogP contribution in [0.25, 0.3) is 0 Å². The maximum Gasteiger partial charge on any atom is 0.306 e. The van der Waals surface area contributed by atoms with Gasteiger partial charge in [0.25, 0.3) is 5.91 Å². The second kappa shape index (κ2) is 7.74. The van der Waals surface area contributed by atoms with Gasteiger partial charge >= 0.3 is 5.72 Å². The average molecular weight is 516 g/mol. The lowest BCUT2D eigenvalue weighted by Crippen LogP contribution is -2.57. The molecule has 7 heteroatoms. The lowest BCUT2D eigenvalue weighted by Gasteiger charge is -2.44. The van der Waals surface area contributed by atoms with Crippen LogP contribution in [0.3, 0.4) is 0 Å². The van der Waals surface area contributed by atoms with Crippen molar-refractivity contribution in [3.05, 3.63) is 101 Å². The van der Waals surface area contributed by atoms with Crippen molar-refractivity contribution < 1.29 is 14.3 Å². The predicted octanol–water partition coefficient (Wildman–Crippen LogP) is 5.39. The third kappa shape index (κ3) is 2.86. The van der Waals surface area contributed by atoms with Crippen LogP contribution in [0.4, 0.5) is 5.69 Å². The molecular formula is C27H22BrN3O3. The number of halogens is 1. The molecule has 0 bridgehead atoms. The third-order valence-corrected chi connectivity index (χ3v) is 7.14. The minimum atomic E-state index is -1.38. The van der Waals surface area contributed by atoms with E-state index in [1.54, 1.807) is 18.1 Å². The van der Waals surface area contributed by atoms with Gasteiger partial charge in [-0.05, 0) is 54.1 Å². The number of hydrogen-bond acceptors (Lipinski definition) is 5. The number of carbonyl (C=O) groups is 1. The summed E-state index contributed by atoms with van der Waals surface area (Å²) < 4.78 is 12.9. The predicted molar refractivity (Wildman–Crippen MR) is 134 cm³/mol. The van der Waals surface area contributed by atoms with Crippen LogP contribution in [-0.2, 0) is 10.5 Å². The zero-order valence-electron chi connectivity index (χ0n) is 18.6. The number of carbonyl (C=O) groups excluding carboxylic acids is 1. The van der Waals surface area contributed by atoms with Gasteiger partial charge in [0.1, 0.15) is 11.5 Å². The van der Waals surface area contributed by atoms with E-state index >= 15 is 0 Å². The number of ether oxygens (including phenoxy) is 2. The van der Waals surface area contributed by atoms with Gasteiger partial charge in [0.15, 0.2) is 0 Å². The number of benzene rings is 3. The van der Waals surface area contributed by atoms with Gasteiger partial charge in [-0.15, -0.1) is 6.58 Å². The first kappa shape index (κ1) is 21.0. The summed E-state index contributed by atoms with van der Waals surface area (Å²) in [5, 5.41) is 6.91. The Morgan fingerprint density at radius 3 is 2.76 bits per heavy atom. The van der Waals surface area contributed by atoms with Crippen LogP contribution in [0.5, 0.6) is 11.5 Å². The quantitative estimate of drug-likeness (QED) is 0.437. The molecule has 3 heterocycles. The van der Waals surface area contributed by atoms with E-state index < -0.39 is 5.72 Å². The van der Waals surface area contributed by atoms with E-state index in [2.05, 4.69) is 28.6 Å². The molecule has 6 rings (SSSR count). The molecule has 0 saturated carbocycles. The standard InChI is InChI=1S/C27H22BrN3O3/c1-3-14-30-23-7-5-4-6-21(23)27(26(30)32)31-24(20-15-18(28)10-13-25(20)34-27)16-22(29-31)17-8-11-19(33-2)12-9-17/h3-13,15,24H,1,14,16H2,2H3/t24-,27-/m1/s1. The SMILES string of the molecule is C=CCN1C(=O)[C@]2(Oc3ccc(Br)cc3[C@H]3CC(c4ccc(OC)cc4)=NN32)c2ccccc21. The van der Waals surface area contributed by atoms with Gasteiger partial charge in [0.05, 0.1) is 30.1 Å². The second-order valence-corrected chi connectivity index (χ2v) is 9.41. The molecule has 0 aromatic heterocycles. The summed E-state index contributed by atoms with van der Waals surface area (Å²) in [5.74, 6) is 1.32. The molecule has 3 aliphatic heterocycles. The Morgan fingerprint density at radius 1 is 1.21 bits per heavy atom. The summed E-state index contributed by atoms with van der Waals surface area (Å²) in [6, 6.07) is 21.4. The number of methoxy groups -OCH3 is 1. The first-order chi connectivity index (χ1) is 16.6. The maximum absolute atomic E-state index is 14.1. The van der Waals surface area contributed by atoms with Crippen molar-refractivity contribution in [3.63, 3.8) is 0 Å². The van der Waals surface area contributed by atoms with Crippen molar-refractivity contribution in [1.29, 1.82) is 0 Å². The Kier molecular flexibility index (Phi) is 4.78. The number of amides is 1. The highest BCUT2D eigenvalue weighted by Crippen LogP contribution is 2.55. The van der Waals surface area contributed by atoms with E-state index in [1.165, 1.54) is 0 Å². The van der Waals surface area contributed by atoms with Crippen molar-refractivity contribution in [3.8, 4) is 11.5 Å². The topological polar surface area (TPSA) is 54.4 Å². The van der Waals surface area contributed by atoms with Crippen molar-refractivity contribution in [2.75, 3.05) is 18.6 Å². The Bertz CT molecular complexity index is 1350. The molecule has 1 spiro atoms. The lowest BCUT2D eigenvalue weighted by atomic mass is 9.92. The number of fused-ring (bicyclic) bond motifs is 6. The minimum absolute atomic E-state index is 0.154. The largest absolute Gasteiger partial charge is 0.497 e. The van der Waals surface area contributed by atoms with Crippen molar-refractivity contribution >= 4 is 33.2 Å². The normalized spacial score (nSPS) is 22.1. The summed E-state index contributed by atoms with van der Waals surface area (Å²) in [6.45, 7) is 4.24. The van der Waals surface area contributed by atoms with Gasteiger partial charge in [-0.25, -0.2) is 5.01 Å². The number of rotatable bonds is 4. The van der Waals surface area contributed by atoms with E-state index in [-0.39, 0.29) is 11.9 Å². The van der Waals surface area contributed by atoms with Gasteiger partial charge in [0, 0.05) is 23.0 Å². The van der Waals surface area contributed by atoms with Gasteiger partial charge in [-0.2, -0.15) is 5.10 Å². The molecular weight excluding hydrogens is 494 g/mol. The van der Waals surface area contributed by atoms with Crippen molar-refractivity contribution in [1.82, 2.24) is 5.01 Å². The molecule has 3 aromatic carbocycles. The van der Waals surface area contributed by atoms with Crippen molar-refractivity contribution in [2.24, 2.45) is 5.10 Å². The number of nitrogens with zero attached hydrogens (tertiary/aromatic N) is 3. The van der Waals surface area contributed by atoms with Crippen LogP contribution in [0.15, 0.2) is 89.0 Å². The zero-order valence-corrected chi connectivity index (χ0v) is 20.2. The number of para-hydroxylation sites is 1. The van der Waals surface area contributed by atoms with Gasteiger partial charge in [-0.3, -0.25) is 4.79 Å². The first-order valence-corrected chi connectivity index (χ1v) is 11.9. The number of anilines is 1. The van der Waals surface area contributed by atoms with E-state index in [9.17, 15) is 4.79 Å². The Hall–Kier alpha value is -3.58. The highest BCUT2D eigenvalue weighted by atomic mass is 79.9. The average Bonchev–Trinajstić information content (AvgIpc) is 3.41. The van der Waals surface area contributed by atoms with E-state index in [4.69, 9.17) is 14.6 Å². The van der Waals surface area contributed by atoms with Crippen LogP contribution in [0.2, 0.25) is 0 Å². The summed E-state index contributed by atoms with van der Waals surface area (Å²) in [4.78, 5) is 15.8. The molecule has 0 fully saturated rings. The highest BCUT2D eigenvalue weighted by Gasteiger charge is 2.63. The Labute approximate surface area is 206 Å². The summed E-state index contributed by atoms with van der Waals surface area (Å²) in [6.07, 6.45) is 2.38. The fraction of sp³-hybridized carbons (Fsp3) is 0.185. The van der Waals surface area contributed by atoms with E-state index in [0.717, 1.165) is 38.3 Å². The molecule has 0 unspecified atom stereocenters. The molecule has 0 radical (unpaired) electrons. The monoisotopic (exact) mass is 515 g/mol. The first-order valence-electron chi connectivity index (χ1n) is 11.1. The molecule has 0 aliphatic carbocycles. The van der Waals surface area contributed by atoms with Gasteiger partial charge in [0.2, 0.25) is 0 Å².